The van der Waals surface area contributed by atoms with Crippen LogP contribution in [0.2, 0.25) is 0 Å². The lowest BCUT2D eigenvalue weighted by Crippen LogP contribution is -2.49. The van der Waals surface area contributed by atoms with Gasteiger partial charge in [0.2, 0.25) is 6.41 Å². The van der Waals surface area contributed by atoms with Crippen LogP contribution in [0.4, 0.5) is 0 Å². The molecule has 1 rings (SSSR count). The van der Waals surface area contributed by atoms with Crippen molar-refractivity contribution in [2.24, 2.45) is 0 Å². The molecule has 1 atom stereocenters. The van der Waals surface area contributed by atoms with E-state index in [1.807, 2.05) is 6.92 Å². The van der Waals surface area contributed by atoms with Gasteiger partial charge in [-0.3, -0.25) is 4.79 Å². The Morgan fingerprint density at radius 3 is 2.32 bits per heavy atom. The number of likely N-dealkylation sites (N-methyl/N-ethyl adjacent to an activating group) is 1. The predicted octanol–water partition coefficient (Wildman–Crippen LogP) is 1.86. The van der Waals surface area contributed by atoms with E-state index in [0.29, 0.717) is 30.9 Å². The van der Waals surface area contributed by atoms with Crippen LogP contribution in [0.5, 0.6) is 5.75 Å². The molecule has 5 heteroatoms. The number of aliphatic carboxylic acids is 1. The van der Waals surface area contributed by atoms with Crippen molar-refractivity contribution < 1.29 is 19.4 Å². The van der Waals surface area contributed by atoms with Crippen molar-refractivity contribution in [1.82, 2.24) is 4.90 Å². The van der Waals surface area contributed by atoms with Gasteiger partial charge in [-0.05, 0) is 38.5 Å². The average molecular weight is 265 g/mol. The summed E-state index contributed by atoms with van der Waals surface area (Å²) in [6.07, 6.45) is 0.560. The normalized spacial score (nSPS) is 13.4. The Morgan fingerprint density at radius 2 is 1.95 bits per heavy atom. The van der Waals surface area contributed by atoms with E-state index in [9.17, 15) is 14.7 Å². The summed E-state index contributed by atoms with van der Waals surface area (Å²) in [5, 5.41) is 9.46. The van der Waals surface area contributed by atoms with Crippen LogP contribution in [0.1, 0.15) is 26.3 Å². The zero-order chi connectivity index (χ0) is 14.5. The Bertz CT molecular complexity index is 443. The number of nitrogens with zero attached hydrogens (tertiary/aromatic N) is 1. The number of rotatable bonds is 7. The monoisotopic (exact) mass is 265 g/mol. The summed E-state index contributed by atoms with van der Waals surface area (Å²) in [6.45, 7) is 6.00. The molecule has 0 aliphatic rings. The second-order valence-electron chi connectivity index (χ2n) is 4.23. The summed E-state index contributed by atoms with van der Waals surface area (Å²) in [5.74, 6) is -0.390. The summed E-state index contributed by atoms with van der Waals surface area (Å²) in [7, 11) is 0. The highest BCUT2D eigenvalue weighted by Crippen LogP contribution is 2.29. The second kappa shape index (κ2) is 6.22. The molecular weight excluding hydrogens is 246 g/mol. The minimum absolute atomic E-state index is 0.319. The summed E-state index contributed by atoms with van der Waals surface area (Å²) >= 11 is 0. The lowest BCUT2D eigenvalue weighted by Gasteiger charge is -2.34. The van der Waals surface area contributed by atoms with Gasteiger partial charge >= 0.3 is 5.97 Å². The van der Waals surface area contributed by atoms with Gasteiger partial charge in [-0.2, -0.15) is 0 Å². The number of carbonyl (C=O) groups is 2. The molecule has 0 aliphatic heterocycles. The Morgan fingerprint density at radius 1 is 1.37 bits per heavy atom. The van der Waals surface area contributed by atoms with Gasteiger partial charge in [0.05, 0.1) is 6.61 Å². The van der Waals surface area contributed by atoms with Crippen LogP contribution in [0.3, 0.4) is 0 Å². The molecule has 1 unspecified atom stereocenters. The first kappa shape index (κ1) is 15.0. The van der Waals surface area contributed by atoms with Crippen molar-refractivity contribution >= 4 is 12.4 Å². The zero-order valence-corrected chi connectivity index (χ0v) is 11.4. The molecule has 0 heterocycles. The van der Waals surface area contributed by atoms with E-state index in [0.717, 1.165) is 0 Å². The molecule has 1 aromatic carbocycles. The first-order valence-electron chi connectivity index (χ1n) is 6.19. The fraction of sp³-hybridized carbons (Fsp3) is 0.429. The molecule has 0 saturated carbocycles. The molecule has 0 aliphatic carbocycles. The van der Waals surface area contributed by atoms with Crippen molar-refractivity contribution in [2.45, 2.75) is 26.3 Å². The maximum Gasteiger partial charge on any atom is 0.334 e. The van der Waals surface area contributed by atoms with E-state index < -0.39 is 11.5 Å². The van der Waals surface area contributed by atoms with Crippen molar-refractivity contribution in [3.63, 3.8) is 0 Å². The number of carbonyl (C=O) groups excluding carboxylic acids is 1. The van der Waals surface area contributed by atoms with E-state index in [1.54, 1.807) is 31.2 Å². The number of benzene rings is 1. The van der Waals surface area contributed by atoms with Crippen LogP contribution in [-0.2, 0) is 15.1 Å². The molecule has 0 radical (unpaired) electrons. The maximum atomic E-state index is 11.6. The smallest absolute Gasteiger partial charge is 0.334 e. The number of hydrogen-bond donors (Lipinski definition) is 1. The van der Waals surface area contributed by atoms with Crippen LogP contribution in [-0.4, -0.2) is 35.5 Å². The number of hydrogen-bond acceptors (Lipinski definition) is 3. The summed E-state index contributed by atoms with van der Waals surface area (Å²) in [6, 6.07) is 6.76. The molecule has 1 aromatic rings. The molecule has 0 fully saturated rings. The Labute approximate surface area is 112 Å². The fourth-order valence-corrected chi connectivity index (χ4v) is 1.95. The van der Waals surface area contributed by atoms with Gasteiger partial charge in [0.15, 0.2) is 5.54 Å². The Kier molecular flexibility index (Phi) is 4.92. The third-order valence-electron chi connectivity index (χ3n) is 3.19. The van der Waals surface area contributed by atoms with Crippen LogP contribution in [0.25, 0.3) is 0 Å². The quantitative estimate of drug-likeness (QED) is 0.764. The topological polar surface area (TPSA) is 66.8 Å². The SMILES string of the molecule is CCOc1ccc(C(C)(C(=O)O)N(C=O)CC)cc1. The standard InChI is InChI=1S/C14H19NO4/c1-4-15(10-16)14(3,13(17)18)11-6-8-12(9-7-11)19-5-2/h6-10H,4-5H2,1-3H3,(H,17,18). The minimum atomic E-state index is -1.37. The fourth-order valence-electron chi connectivity index (χ4n) is 1.95. The largest absolute Gasteiger partial charge is 0.494 e. The number of carboxylic acid groups (broad SMARTS) is 1. The number of carboxylic acids is 1. The van der Waals surface area contributed by atoms with E-state index in [1.165, 1.54) is 11.8 Å². The number of amides is 1. The van der Waals surface area contributed by atoms with Crippen LogP contribution >= 0.6 is 0 Å². The van der Waals surface area contributed by atoms with Crippen molar-refractivity contribution in [1.29, 1.82) is 0 Å². The van der Waals surface area contributed by atoms with Gasteiger partial charge in [0.25, 0.3) is 0 Å². The van der Waals surface area contributed by atoms with Gasteiger partial charge in [0, 0.05) is 6.54 Å². The van der Waals surface area contributed by atoms with Gasteiger partial charge in [-0.25, -0.2) is 4.79 Å². The molecule has 1 N–H and O–H groups in total. The highest BCUT2D eigenvalue weighted by atomic mass is 16.5. The molecule has 1 amide bonds. The molecular formula is C14H19NO4. The summed E-state index contributed by atoms with van der Waals surface area (Å²) in [5.41, 5.74) is -0.835. The third kappa shape index (κ3) is 2.86. The lowest BCUT2D eigenvalue weighted by molar-refractivity contribution is -0.154. The molecule has 0 saturated heterocycles. The van der Waals surface area contributed by atoms with Crippen LogP contribution in [0.15, 0.2) is 24.3 Å². The summed E-state index contributed by atoms with van der Waals surface area (Å²) in [4.78, 5) is 23.9. The van der Waals surface area contributed by atoms with Crippen LogP contribution in [0, 0.1) is 0 Å². The second-order valence-corrected chi connectivity index (χ2v) is 4.23. The Balaban J connectivity index is 3.18. The lowest BCUT2D eigenvalue weighted by atomic mass is 9.90. The van der Waals surface area contributed by atoms with Gasteiger partial charge in [0.1, 0.15) is 5.75 Å². The molecule has 0 bridgehead atoms. The highest BCUT2D eigenvalue weighted by molar-refractivity contribution is 5.82. The predicted molar refractivity (Wildman–Crippen MR) is 71.0 cm³/mol. The van der Waals surface area contributed by atoms with E-state index >= 15 is 0 Å². The van der Waals surface area contributed by atoms with Gasteiger partial charge in [-0.1, -0.05) is 12.1 Å². The molecule has 19 heavy (non-hydrogen) atoms. The van der Waals surface area contributed by atoms with Crippen molar-refractivity contribution in [3.8, 4) is 5.75 Å². The van der Waals surface area contributed by atoms with Crippen molar-refractivity contribution in [2.75, 3.05) is 13.2 Å². The molecule has 104 valence electrons. The molecule has 0 aromatic heterocycles. The van der Waals surface area contributed by atoms with E-state index in [-0.39, 0.29) is 0 Å². The molecule has 5 nitrogen and oxygen atoms in total. The zero-order valence-electron chi connectivity index (χ0n) is 11.4. The van der Waals surface area contributed by atoms with Crippen molar-refractivity contribution in [3.05, 3.63) is 29.8 Å². The molecule has 0 spiro atoms. The van der Waals surface area contributed by atoms with E-state index in [2.05, 4.69) is 0 Å². The number of ether oxygens (including phenoxy) is 1. The highest BCUT2D eigenvalue weighted by Gasteiger charge is 2.40. The summed E-state index contributed by atoms with van der Waals surface area (Å²) < 4.78 is 5.32. The van der Waals surface area contributed by atoms with E-state index in [4.69, 9.17) is 4.74 Å². The maximum absolute atomic E-state index is 11.6. The Hall–Kier alpha value is -2.04. The average Bonchev–Trinajstić information content (AvgIpc) is 2.40. The third-order valence-corrected chi connectivity index (χ3v) is 3.19. The first-order chi connectivity index (χ1) is 9.00. The van der Waals surface area contributed by atoms with Crippen LogP contribution < -0.4 is 4.74 Å². The van der Waals surface area contributed by atoms with Gasteiger partial charge in [-0.15, -0.1) is 0 Å². The van der Waals surface area contributed by atoms with Gasteiger partial charge < -0.3 is 14.7 Å². The minimum Gasteiger partial charge on any atom is -0.494 e. The first-order valence-corrected chi connectivity index (χ1v) is 6.19.